The molecule has 0 spiro atoms. The van der Waals surface area contributed by atoms with Gasteiger partial charge in [-0.3, -0.25) is 0 Å². The van der Waals surface area contributed by atoms with E-state index in [0.29, 0.717) is 28.1 Å². The van der Waals surface area contributed by atoms with E-state index < -0.39 is 5.97 Å². The molecule has 0 saturated heterocycles. The van der Waals surface area contributed by atoms with Crippen LogP contribution in [0.15, 0.2) is 28.8 Å². The minimum Gasteiger partial charge on any atom is -0.465 e. The van der Waals surface area contributed by atoms with Crippen molar-refractivity contribution in [2.45, 2.75) is 6.92 Å². The maximum absolute atomic E-state index is 11.6. The predicted octanol–water partition coefficient (Wildman–Crippen LogP) is 2.31. The second-order valence-electron chi connectivity index (χ2n) is 3.64. The molecule has 2 rings (SSSR count). The third kappa shape index (κ3) is 1.96. The molecule has 90 valence electrons. The number of aromatic nitrogens is 1. The van der Waals surface area contributed by atoms with Gasteiger partial charge in [-0.05, 0) is 19.1 Å². The van der Waals surface area contributed by atoms with E-state index in [2.05, 4.69) is 5.16 Å². The molecule has 0 radical (unpaired) electrons. The first-order chi connectivity index (χ1) is 8.67. The van der Waals surface area contributed by atoms with E-state index in [9.17, 15) is 4.79 Å². The van der Waals surface area contributed by atoms with Crippen molar-refractivity contribution in [2.75, 3.05) is 7.11 Å². The molecule has 0 aliphatic carbocycles. The molecule has 18 heavy (non-hydrogen) atoms. The number of esters is 1. The lowest BCUT2D eigenvalue weighted by Gasteiger charge is -2.00. The van der Waals surface area contributed by atoms with E-state index in [4.69, 9.17) is 14.5 Å². The van der Waals surface area contributed by atoms with Crippen LogP contribution in [0.3, 0.4) is 0 Å². The summed E-state index contributed by atoms with van der Waals surface area (Å²) in [6.07, 6.45) is 0. The Morgan fingerprint density at radius 1 is 1.39 bits per heavy atom. The first-order valence-corrected chi connectivity index (χ1v) is 5.22. The van der Waals surface area contributed by atoms with Crippen LogP contribution in [0, 0.1) is 18.3 Å². The number of benzene rings is 1. The van der Waals surface area contributed by atoms with Gasteiger partial charge in [0.15, 0.2) is 0 Å². The number of hydrogen-bond donors (Lipinski definition) is 0. The van der Waals surface area contributed by atoms with Crippen LogP contribution in [0.4, 0.5) is 0 Å². The summed E-state index contributed by atoms with van der Waals surface area (Å²) in [5.74, 6) is -0.0886. The number of nitrogens with zero attached hydrogens (tertiary/aromatic N) is 2. The van der Waals surface area contributed by atoms with Crippen molar-refractivity contribution in [2.24, 2.45) is 0 Å². The molecule has 0 bridgehead atoms. The number of nitriles is 1. The number of aryl methyl sites for hydroxylation is 1. The highest BCUT2D eigenvalue weighted by atomic mass is 16.5. The van der Waals surface area contributed by atoms with E-state index in [1.807, 2.05) is 6.07 Å². The summed E-state index contributed by atoms with van der Waals surface area (Å²) in [6, 6.07) is 8.75. The van der Waals surface area contributed by atoms with Crippen molar-refractivity contribution in [1.29, 1.82) is 5.26 Å². The topological polar surface area (TPSA) is 76.1 Å². The summed E-state index contributed by atoms with van der Waals surface area (Å²) >= 11 is 0. The van der Waals surface area contributed by atoms with Gasteiger partial charge in [0, 0.05) is 5.56 Å². The van der Waals surface area contributed by atoms with Crippen LogP contribution in [-0.4, -0.2) is 18.2 Å². The molecular weight excluding hydrogens is 232 g/mol. The Bertz CT molecular complexity index is 621. The van der Waals surface area contributed by atoms with Crippen LogP contribution in [-0.2, 0) is 4.74 Å². The van der Waals surface area contributed by atoms with Gasteiger partial charge < -0.3 is 9.26 Å². The van der Waals surface area contributed by atoms with Gasteiger partial charge in [0.2, 0.25) is 0 Å². The van der Waals surface area contributed by atoms with Gasteiger partial charge in [0.1, 0.15) is 17.0 Å². The zero-order chi connectivity index (χ0) is 13.1. The SMILES string of the molecule is COC(=O)c1c(-c2ccc(C#N)cc2)noc1C. The summed E-state index contributed by atoms with van der Waals surface area (Å²) in [5.41, 5.74) is 1.97. The lowest BCUT2D eigenvalue weighted by molar-refractivity contribution is 0.0599. The molecule has 0 aliphatic heterocycles. The second kappa shape index (κ2) is 4.72. The zero-order valence-corrected chi connectivity index (χ0v) is 9.93. The highest BCUT2D eigenvalue weighted by Gasteiger charge is 2.21. The summed E-state index contributed by atoms with van der Waals surface area (Å²) < 4.78 is 9.70. The summed E-state index contributed by atoms with van der Waals surface area (Å²) in [5, 5.41) is 12.6. The fourth-order valence-corrected chi connectivity index (χ4v) is 1.61. The van der Waals surface area contributed by atoms with Crippen LogP contribution in [0.5, 0.6) is 0 Å². The Hall–Kier alpha value is -2.61. The Morgan fingerprint density at radius 2 is 2.06 bits per heavy atom. The molecule has 5 heteroatoms. The van der Waals surface area contributed by atoms with E-state index in [1.165, 1.54) is 7.11 Å². The minimum atomic E-state index is -0.492. The molecule has 0 N–H and O–H groups in total. The predicted molar refractivity (Wildman–Crippen MR) is 62.7 cm³/mol. The van der Waals surface area contributed by atoms with Crippen molar-refractivity contribution in [3.63, 3.8) is 0 Å². The van der Waals surface area contributed by atoms with Gasteiger partial charge in [-0.2, -0.15) is 5.26 Å². The second-order valence-corrected chi connectivity index (χ2v) is 3.64. The molecule has 0 unspecified atom stereocenters. The van der Waals surface area contributed by atoms with Gasteiger partial charge in [-0.1, -0.05) is 17.3 Å². The van der Waals surface area contributed by atoms with E-state index >= 15 is 0 Å². The third-order valence-electron chi connectivity index (χ3n) is 2.54. The van der Waals surface area contributed by atoms with Gasteiger partial charge in [-0.15, -0.1) is 0 Å². The van der Waals surface area contributed by atoms with Gasteiger partial charge in [-0.25, -0.2) is 4.79 Å². The normalized spacial score (nSPS) is 9.83. The van der Waals surface area contributed by atoms with Crippen molar-refractivity contribution >= 4 is 5.97 Å². The van der Waals surface area contributed by atoms with Gasteiger partial charge in [0.25, 0.3) is 0 Å². The number of carbonyl (C=O) groups excluding carboxylic acids is 1. The van der Waals surface area contributed by atoms with Crippen molar-refractivity contribution in [1.82, 2.24) is 5.16 Å². The first-order valence-electron chi connectivity index (χ1n) is 5.22. The molecule has 5 nitrogen and oxygen atoms in total. The maximum atomic E-state index is 11.6. The number of carbonyl (C=O) groups is 1. The van der Waals surface area contributed by atoms with Crippen LogP contribution >= 0.6 is 0 Å². The number of hydrogen-bond acceptors (Lipinski definition) is 5. The van der Waals surface area contributed by atoms with Crippen LogP contribution in [0.1, 0.15) is 21.7 Å². The maximum Gasteiger partial charge on any atom is 0.343 e. The molecule has 1 heterocycles. The Kier molecular flexibility index (Phi) is 3.11. The first kappa shape index (κ1) is 11.9. The lowest BCUT2D eigenvalue weighted by Crippen LogP contribution is -2.03. The average Bonchev–Trinajstić information content (AvgIpc) is 2.80. The molecule has 0 atom stereocenters. The zero-order valence-electron chi connectivity index (χ0n) is 9.93. The van der Waals surface area contributed by atoms with Crippen molar-refractivity contribution < 1.29 is 14.1 Å². The van der Waals surface area contributed by atoms with E-state index in [-0.39, 0.29) is 0 Å². The summed E-state index contributed by atoms with van der Waals surface area (Å²) in [6.45, 7) is 1.65. The van der Waals surface area contributed by atoms with Crippen molar-refractivity contribution in [3.05, 3.63) is 41.2 Å². The molecule has 2 aromatic rings. The van der Waals surface area contributed by atoms with E-state index in [1.54, 1.807) is 31.2 Å². The molecular formula is C13H10N2O3. The van der Waals surface area contributed by atoms with Crippen molar-refractivity contribution in [3.8, 4) is 17.3 Å². The molecule has 1 aromatic heterocycles. The van der Waals surface area contributed by atoms with Crippen LogP contribution in [0.25, 0.3) is 11.3 Å². The Balaban J connectivity index is 2.51. The van der Waals surface area contributed by atoms with Crippen LogP contribution in [0.2, 0.25) is 0 Å². The molecule has 1 aromatic carbocycles. The highest BCUT2D eigenvalue weighted by Crippen LogP contribution is 2.25. The minimum absolute atomic E-state index is 0.308. The summed E-state index contributed by atoms with van der Waals surface area (Å²) in [7, 11) is 1.30. The molecule has 0 aliphatic rings. The number of rotatable bonds is 2. The van der Waals surface area contributed by atoms with E-state index in [0.717, 1.165) is 0 Å². The Morgan fingerprint density at radius 3 is 2.61 bits per heavy atom. The fraction of sp³-hybridized carbons (Fsp3) is 0.154. The number of methoxy groups -OCH3 is 1. The molecule has 0 amide bonds. The smallest absolute Gasteiger partial charge is 0.343 e. The van der Waals surface area contributed by atoms with Gasteiger partial charge in [0.05, 0.1) is 18.7 Å². The third-order valence-corrected chi connectivity index (χ3v) is 2.54. The standard InChI is InChI=1S/C13H10N2O3/c1-8-11(13(16)17-2)12(15-18-8)10-5-3-9(7-14)4-6-10/h3-6H,1-2H3. The largest absolute Gasteiger partial charge is 0.465 e. The highest BCUT2D eigenvalue weighted by molar-refractivity contribution is 5.96. The van der Waals surface area contributed by atoms with Gasteiger partial charge >= 0.3 is 5.97 Å². The number of ether oxygens (including phenoxy) is 1. The lowest BCUT2D eigenvalue weighted by atomic mass is 10.0. The monoisotopic (exact) mass is 242 g/mol. The average molecular weight is 242 g/mol. The molecule has 0 saturated carbocycles. The Labute approximate surface area is 104 Å². The quantitative estimate of drug-likeness (QED) is 0.755. The van der Waals surface area contributed by atoms with Crippen LogP contribution < -0.4 is 0 Å². The molecule has 0 fully saturated rings. The summed E-state index contributed by atoms with van der Waals surface area (Å²) in [4.78, 5) is 11.6. The fourth-order valence-electron chi connectivity index (χ4n) is 1.61.